The highest BCUT2D eigenvalue weighted by Crippen LogP contribution is 2.16. The average molecular weight is 271 g/mol. The predicted octanol–water partition coefficient (Wildman–Crippen LogP) is 2.96. The monoisotopic (exact) mass is 271 g/mol. The molecule has 0 aliphatic heterocycles. The molecule has 3 heteroatoms. The third kappa shape index (κ3) is 4.28. The molecule has 0 aliphatic carbocycles. The Morgan fingerprint density at radius 1 is 1.05 bits per heavy atom. The van der Waals surface area contributed by atoms with E-state index in [1.54, 1.807) is 7.11 Å². The summed E-state index contributed by atoms with van der Waals surface area (Å²) >= 11 is 0. The van der Waals surface area contributed by atoms with Crippen LogP contribution < -0.4 is 10.1 Å². The Bertz CT molecular complexity index is 496. The largest absolute Gasteiger partial charge is 0.497 e. The van der Waals surface area contributed by atoms with Gasteiger partial charge in [0.1, 0.15) is 5.75 Å². The van der Waals surface area contributed by atoms with Gasteiger partial charge in [-0.05, 0) is 36.2 Å². The first kappa shape index (κ1) is 14.4. The number of benzene rings is 2. The quantitative estimate of drug-likeness (QED) is 0.813. The smallest absolute Gasteiger partial charge is 0.119 e. The van der Waals surface area contributed by atoms with Crippen LogP contribution in [0.25, 0.3) is 0 Å². The lowest BCUT2D eigenvalue weighted by Gasteiger charge is -2.16. The van der Waals surface area contributed by atoms with Gasteiger partial charge in [0.2, 0.25) is 0 Å². The summed E-state index contributed by atoms with van der Waals surface area (Å²) in [7, 11) is 1.66. The molecule has 0 aliphatic rings. The molecule has 0 spiro atoms. The number of anilines is 1. The van der Waals surface area contributed by atoms with Gasteiger partial charge >= 0.3 is 0 Å². The highest BCUT2D eigenvalue weighted by Gasteiger charge is 2.08. The minimum atomic E-state index is 0.179. The number of hydrogen-bond acceptors (Lipinski definition) is 3. The number of methoxy groups -OCH3 is 1. The third-order valence-corrected chi connectivity index (χ3v) is 3.31. The molecule has 0 bridgehead atoms. The SMILES string of the molecule is COc1ccc(NC[C@@H](CO)Cc2ccccc2)cc1. The van der Waals surface area contributed by atoms with Crippen molar-refractivity contribution in [2.45, 2.75) is 6.42 Å². The van der Waals surface area contributed by atoms with E-state index in [-0.39, 0.29) is 12.5 Å². The fraction of sp³-hybridized carbons (Fsp3) is 0.294. The van der Waals surface area contributed by atoms with E-state index in [0.29, 0.717) is 0 Å². The van der Waals surface area contributed by atoms with Crippen molar-refractivity contribution in [1.82, 2.24) is 0 Å². The Morgan fingerprint density at radius 2 is 1.75 bits per heavy atom. The molecule has 2 rings (SSSR count). The van der Waals surface area contributed by atoms with E-state index in [4.69, 9.17) is 4.74 Å². The predicted molar refractivity (Wildman–Crippen MR) is 82.2 cm³/mol. The molecule has 0 aromatic heterocycles. The van der Waals surface area contributed by atoms with Crippen LogP contribution in [-0.4, -0.2) is 25.4 Å². The summed E-state index contributed by atoms with van der Waals surface area (Å²) in [4.78, 5) is 0. The van der Waals surface area contributed by atoms with Gasteiger partial charge in [-0.1, -0.05) is 30.3 Å². The van der Waals surface area contributed by atoms with Crippen LogP contribution in [-0.2, 0) is 6.42 Å². The van der Waals surface area contributed by atoms with Crippen molar-refractivity contribution in [2.75, 3.05) is 25.6 Å². The van der Waals surface area contributed by atoms with Crippen LogP contribution in [0.1, 0.15) is 5.56 Å². The Labute approximate surface area is 120 Å². The van der Waals surface area contributed by atoms with Crippen LogP contribution in [0.2, 0.25) is 0 Å². The van der Waals surface area contributed by atoms with E-state index >= 15 is 0 Å². The number of rotatable bonds is 7. The van der Waals surface area contributed by atoms with E-state index in [2.05, 4.69) is 17.4 Å². The zero-order valence-corrected chi connectivity index (χ0v) is 11.8. The van der Waals surface area contributed by atoms with Gasteiger partial charge in [-0.15, -0.1) is 0 Å². The van der Waals surface area contributed by atoms with Crippen molar-refractivity contribution in [3.05, 3.63) is 60.2 Å². The second-order valence-electron chi connectivity index (χ2n) is 4.85. The first-order chi connectivity index (χ1) is 9.81. The summed E-state index contributed by atoms with van der Waals surface area (Å²) < 4.78 is 5.13. The van der Waals surface area contributed by atoms with Gasteiger partial charge in [-0.3, -0.25) is 0 Å². The fourth-order valence-electron chi connectivity index (χ4n) is 2.12. The molecular weight excluding hydrogens is 250 g/mol. The van der Waals surface area contributed by atoms with E-state index in [0.717, 1.165) is 24.4 Å². The van der Waals surface area contributed by atoms with E-state index < -0.39 is 0 Å². The molecule has 0 radical (unpaired) electrons. The van der Waals surface area contributed by atoms with E-state index in [9.17, 15) is 5.11 Å². The van der Waals surface area contributed by atoms with Crippen LogP contribution in [0.5, 0.6) is 5.75 Å². The molecule has 0 fully saturated rings. The summed E-state index contributed by atoms with van der Waals surface area (Å²) in [6.07, 6.45) is 0.875. The minimum Gasteiger partial charge on any atom is -0.497 e. The van der Waals surface area contributed by atoms with Crippen LogP contribution in [0.4, 0.5) is 5.69 Å². The Hall–Kier alpha value is -2.00. The second kappa shape index (κ2) is 7.56. The highest BCUT2D eigenvalue weighted by molar-refractivity contribution is 5.46. The molecule has 0 unspecified atom stereocenters. The standard InChI is InChI=1S/C17H21NO2/c1-20-17-9-7-16(8-10-17)18-12-15(13-19)11-14-5-3-2-4-6-14/h2-10,15,18-19H,11-13H2,1H3/t15-/m0/s1. The number of hydrogen-bond donors (Lipinski definition) is 2. The molecule has 2 aromatic rings. The zero-order valence-electron chi connectivity index (χ0n) is 11.8. The van der Waals surface area contributed by atoms with Crippen molar-refractivity contribution in [1.29, 1.82) is 0 Å². The molecule has 0 saturated carbocycles. The van der Waals surface area contributed by atoms with Gasteiger partial charge < -0.3 is 15.2 Å². The van der Waals surface area contributed by atoms with Crippen LogP contribution >= 0.6 is 0 Å². The van der Waals surface area contributed by atoms with Crippen molar-refractivity contribution in [2.24, 2.45) is 5.92 Å². The van der Waals surface area contributed by atoms with E-state index in [1.807, 2.05) is 42.5 Å². The molecule has 0 saturated heterocycles. The molecule has 2 N–H and O–H groups in total. The summed E-state index contributed by atoms with van der Waals surface area (Å²) in [5.41, 5.74) is 2.29. The average Bonchev–Trinajstić information content (AvgIpc) is 2.53. The molecule has 106 valence electrons. The Balaban J connectivity index is 1.86. The van der Waals surface area contributed by atoms with Gasteiger partial charge in [0.25, 0.3) is 0 Å². The number of nitrogens with one attached hydrogen (secondary N) is 1. The molecule has 1 atom stereocenters. The maximum atomic E-state index is 9.49. The Kier molecular flexibility index (Phi) is 5.44. The lowest BCUT2D eigenvalue weighted by molar-refractivity contribution is 0.232. The zero-order chi connectivity index (χ0) is 14.2. The summed E-state index contributed by atoms with van der Waals surface area (Å²) in [5.74, 6) is 1.05. The molecule has 20 heavy (non-hydrogen) atoms. The summed E-state index contributed by atoms with van der Waals surface area (Å²) in [6, 6.07) is 18.1. The molecule has 2 aromatic carbocycles. The molecule has 0 amide bonds. The summed E-state index contributed by atoms with van der Waals surface area (Å²) in [6.45, 7) is 0.926. The second-order valence-corrected chi connectivity index (χ2v) is 4.85. The van der Waals surface area contributed by atoms with E-state index in [1.165, 1.54) is 5.56 Å². The van der Waals surface area contributed by atoms with Gasteiger partial charge in [-0.25, -0.2) is 0 Å². The van der Waals surface area contributed by atoms with Gasteiger partial charge in [0, 0.05) is 24.8 Å². The fourth-order valence-corrected chi connectivity index (χ4v) is 2.12. The first-order valence-electron chi connectivity index (χ1n) is 6.84. The number of aliphatic hydroxyl groups is 1. The highest BCUT2D eigenvalue weighted by atomic mass is 16.5. The number of ether oxygens (including phenoxy) is 1. The van der Waals surface area contributed by atoms with Gasteiger partial charge in [-0.2, -0.15) is 0 Å². The third-order valence-electron chi connectivity index (χ3n) is 3.31. The molecule has 3 nitrogen and oxygen atoms in total. The topological polar surface area (TPSA) is 41.5 Å². The van der Waals surface area contributed by atoms with Crippen molar-refractivity contribution < 1.29 is 9.84 Å². The summed E-state index contributed by atoms with van der Waals surface area (Å²) in [5, 5.41) is 12.8. The number of aliphatic hydroxyl groups excluding tert-OH is 1. The normalized spacial score (nSPS) is 11.9. The Morgan fingerprint density at radius 3 is 2.35 bits per heavy atom. The van der Waals surface area contributed by atoms with Crippen LogP contribution in [0.15, 0.2) is 54.6 Å². The first-order valence-corrected chi connectivity index (χ1v) is 6.84. The maximum absolute atomic E-state index is 9.49. The van der Waals surface area contributed by atoms with Gasteiger partial charge in [0.05, 0.1) is 7.11 Å². The van der Waals surface area contributed by atoms with Crippen LogP contribution in [0, 0.1) is 5.92 Å². The molecule has 0 heterocycles. The minimum absolute atomic E-state index is 0.179. The van der Waals surface area contributed by atoms with Gasteiger partial charge in [0.15, 0.2) is 0 Å². The lowest BCUT2D eigenvalue weighted by Crippen LogP contribution is -2.20. The van der Waals surface area contributed by atoms with Crippen LogP contribution in [0.3, 0.4) is 0 Å². The van der Waals surface area contributed by atoms with Crippen molar-refractivity contribution >= 4 is 5.69 Å². The lowest BCUT2D eigenvalue weighted by atomic mass is 10.00. The van der Waals surface area contributed by atoms with Crippen molar-refractivity contribution in [3.8, 4) is 5.75 Å². The van der Waals surface area contributed by atoms with Crippen molar-refractivity contribution in [3.63, 3.8) is 0 Å². The molecular formula is C17H21NO2. The maximum Gasteiger partial charge on any atom is 0.119 e.